The molecule has 0 N–H and O–H groups in total. The monoisotopic (exact) mass is 441 g/mol. The first-order chi connectivity index (χ1) is 16.1. The maximum Gasteiger partial charge on any atom is 0.291 e. The Kier molecular flexibility index (Phi) is 5.26. The molecule has 164 valence electrons. The molecule has 4 aromatic rings. The summed E-state index contributed by atoms with van der Waals surface area (Å²) in [6, 6.07) is 19.4. The molecule has 1 atom stereocenters. The number of ether oxygens (including phenoxy) is 1. The molecule has 0 saturated heterocycles. The molecule has 5 nitrogen and oxygen atoms in total. The highest BCUT2D eigenvalue weighted by Crippen LogP contribution is 2.39. The Labute approximate surface area is 189 Å². The molecule has 5 rings (SSSR count). The van der Waals surface area contributed by atoms with E-state index in [1.807, 2.05) is 12.1 Å². The summed E-state index contributed by atoms with van der Waals surface area (Å²) >= 11 is 0. The van der Waals surface area contributed by atoms with Crippen molar-refractivity contribution in [1.29, 1.82) is 0 Å². The number of rotatable bonds is 6. The van der Waals surface area contributed by atoms with Gasteiger partial charge in [-0.3, -0.25) is 9.59 Å². The molecule has 33 heavy (non-hydrogen) atoms. The molecule has 6 heteroatoms. The number of hydrogen-bond donors (Lipinski definition) is 0. The van der Waals surface area contributed by atoms with Crippen molar-refractivity contribution < 1.29 is 18.3 Å². The van der Waals surface area contributed by atoms with Crippen molar-refractivity contribution in [2.24, 2.45) is 0 Å². The lowest BCUT2D eigenvalue weighted by molar-refractivity contribution is 0.0714. The summed E-state index contributed by atoms with van der Waals surface area (Å²) in [5.41, 5.74) is 1.92. The van der Waals surface area contributed by atoms with E-state index in [-0.39, 0.29) is 29.5 Å². The highest BCUT2D eigenvalue weighted by molar-refractivity contribution is 5.99. The van der Waals surface area contributed by atoms with Crippen molar-refractivity contribution in [3.05, 3.63) is 124 Å². The van der Waals surface area contributed by atoms with Gasteiger partial charge < -0.3 is 14.1 Å². The number of amides is 1. The van der Waals surface area contributed by atoms with Crippen LogP contribution in [0.1, 0.15) is 33.3 Å². The number of para-hydroxylation sites is 1. The van der Waals surface area contributed by atoms with Crippen LogP contribution in [0.4, 0.5) is 4.39 Å². The molecule has 2 heterocycles. The molecule has 1 amide bonds. The lowest BCUT2D eigenvalue weighted by Gasteiger charge is -2.25. The predicted molar refractivity (Wildman–Crippen MR) is 123 cm³/mol. The highest BCUT2D eigenvalue weighted by atomic mass is 19.1. The molecule has 0 saturated carbocycles. The summed E-state index contributed by atoms with van der Waals surface area (Å²) in [7, 11) is 0. The van der Waals surface area contributed by atoms with Crippen LogP contribution in [0.15, 0.2) is 94.7 Å². The van der Waals surface area contributed by atoms with Gasteiger partial charge in [-0.2, -0.15) is 0 Å². The van der Waals surface area contributed by atoms with Crippen LogP contribution in [0, 0.1) is 5.82 Å². The van der Waals surface area contributed by atoms with E-state index in [4.69, 9.17) is 9.15 Å². The Morgan fingerprint density at radius 3 is 2.45 bits per heavy atom. The van der Waals surface area contributed by atoms with E-state index in [1.165, 1.54) is 12.1 Å². The molecule has 0 bridgehead atoms. The van der Waals surface area contributed by atoms with Gasteiger partial charge in [0.2, 0.25) is 5.76 Å². The molecular formula is C27H20FNO4. The highest BCUT2D eigenvalue weighted by Gasteiger charge is 2.42. The Hall–Kier alpha value is -4.19. The third-order valence-electron chi connectivity index (χ3n) is 5.70. The quantitative estimate of drug-likeness (QED) is 0.384. The third-order valence-corrected chi connectivity index (χ3v) is 5.70. The molecule has 0 aliphatic carbocycles. The van der Waals surface area contributed by atoms with Gasteiger partial charge in [-0.25, -0.2) is 4.39 Å². The lowest BCUT2D eigenvalue weighted by atomic mass is 9.98. The Bertz CT molecular complexity index is 1410. The summed E-state index contributed by atoms with van der Waals surface area (Å²) in [5, 5.41) is 0.420. The number of carbonyl (C=O) groups is 1. The molecule has 1 unspecified atom stereocenters. The zero-order chi connectivity index (χ0) is 22.9. The minimum absolute atomic E-state index is 0.0396. The van der Waals surface area contributed by atoms with E-state index >= 15 is 0 Å². The summed E-state index contributed by atoms with van der Waals surface area (Å²) < 4.78 is 24.9. The van der Waals surface area contributed by atoms with Crippen LogP contribution in [0.25, 0.3) is 11.0 Å². The van der Waals surface area contributed by atoms with Gasteiger partial charge in [0.05, 0.1) is 17.0 Å². The topological polar surface area (TPSA) is 59.8 Å². The second-order valence-corrected chi connectivity index (χ2v) is 7.80. The van der Waals surface area contributed by atoms with Crippen molar-refractivity contribution >= 4 is 16.9 Å². The van der Waals surface area contributed by atoms with E-state index in [9.17, 15) is 14.0 Å². The lowest BCUT2D eigenvalue weighted by Crippen LogP contribution is -2.29. The number of carbonyl (C=O) groups excluding carboxylic acids is 1. The van der Waals surface area contributed by atoms with Crippen LogP contribution in [0.2, 0.25) is 0 Å². The van der Waals surface area contributed by atoms with Crippen LogP contribution in [-0.2, 0) is 6.54 Å². The van der Waals surface area contributed by atoms with Crippen LogP contribution in [0.3, 0.4) is 0 Å². The fourth-order valence-electron chi connectivity index (χ4n) is 4.16. The molecule has 1 aliphatic rings. The van der Waals surface area contributed by atoms with E-state index in [2.05, 4.69) is 6.58 Å². The number of hydrogen-bond acceptors (Lipinski definition) is 4. The smallest absolute Gasteiger partial charge is 0.291 e. The van der Waals surface area contributed by atoms with Gasteiger partial charge in [0.25, 0.3) is 5.91 Å². The summed E-state index contributed by atoms with van der Waals surface area (Å²) in [6.45, 7) is 4.21. The van der Waals surface area contributed by atoms with Crippen LogP contribution in [0.5, 0.6) is 5.75 Å². The van der Waals surface area contributed by atoms with E-state index < -0.39 is 6.04 Å². The molecular weight excluding hydrogens is 421 g/mol. The Balaban J connectivity index is 1.64. The van der Waals surface area contributed by atoms with Crippen molar-refractivity contribution in [3.8, 4) is 5.75 Å². The van der Waals surface area contributed by atoms with Crippen LogP contribution < -0.4 is 10.2 Å². The fraction of sp³-hybridized carbons (Fsp3) is 0.111. The van der Waals surface area contributed by atoms with Crippen molar-refractivity contribution in [2.75, 3.05) is 6.61 Å². The summed E-state index contributed by atoms with van der Waals surface area (Å²) in [6.07, 6.45) is 1.65. The largest absolute Gasteiger partial charge is 0.490 e. The summed E-state index contributed by atoms with van der Waals surface area (Å²) in [5.74, 6) is -0.0460. The van der Waals surface area contributed by atoms with Gasteiger partial charge in [0.1, 0.15) is 23.8 Å². The Morgan fingerprint density at radius 1 is 1.00 bits per heavy atom. The normalized spacial score (nSPS) is 15.0. The molecule has 1 aliphatic heterocycles. The zero-order valence-electron chi connectivity index (χ0n) is 17.7. The molecule has 0 radical (unpaired) electrons. The SMILES string of the molecule is C=CCOc1ccc(C2c3c(oc4ccccc4c3=O)C(=O)N2Cc2ccc(F)cc2)cc1. The van der Waals surface area contributed by atoms with Gasteiger partial charge in [-0.15, -0.1) is 0 Å². The van der Waals surface area contributed by atoms with Gasteiger partial charge in [-0.05, 0) is 47.5 Å². The van der Waals surface area contributed by atoms with Gasteiger partial charge in [0, 0.05) is 6.54 Å². The number of benzene rings is 3. The standard InChI is InChI=1S/C27H20FNO4/c1-2-15-32-20-13-9-18(10-14-20)24-23-25(30)21-5-3-4-6-22(21)33-26(23)27(31)29(24)16-17-7-11-19(28)12-8-17/h2-14,24H,1,15-16H2. The Morgan fingerprint density at radius 2 is 1.73 bits per heavy atom. The average molecular weight is 441 g/mol. The maximum atomic E-state index is 13.5. The zero-order valence-corrected chi connectivity index (χ0v) is 17.7. The second kappa shape index (κ2) is 8.39. The maximum absolute atomic E-state index is 13.5. The second-order valence-electron chi connectivity index (χ2n) is 7.80. The minimum Gasteiger partial charge on any atom is -0.490 e. The van der Waals surface area contributed by atoms with Crippen LogP contribution >= 0.6 is 0 Å². The van der Waals surface area contributed by atoms with Gasteiger partial charge in [-0.1, -0.05) is 49.1 Å². The van der Waals surface area contributed by atoms with Crippen molar-refractivity contribution in [2.45, 2.75) is 12.6 Å². The van der Waals surface area contributed by atoms with Crippen LogP contribution in [-0.4, -0.2) is 17.4 Å². The first-order valence-corrected chi connectivity index (χ1v) is 10.5. The number of nitrogens with zero attached hydrogens (tertiary/aromatic N) is 1. The van der Waals surface area contributed by atoms with Crippen molar-refractivity contribution in [1.82, 2.24) is 4.90 Å². The van der Waals surface area contributed by atoms with E-state index in [0.29, 0.717) is 28.9 Å². The molecule has 3 aromatic carbocycles. The fourth-order valence-corrected chi connectivity index (χ4v) is 4.16. The number of halogens is 1. The van der Waals surface area contributed by atoms with E-state index in [1.54, 1.807) is 59.5 Å². The molecule has 1 aromatic heterocycles. The molecule has 0 fully saturated rings. The van der Waals surface area contributed by atoms with Gasteiger partial charge in [0.15, 0.2) is 5.43 Å². The third kappa shape index (κ3) is 3.69. The average Bonchev–Trinajstić information content (AvgIpc) is 3.11. The molecule has 0 spiro atoms. The first-order valence-electron chi connectivity index (χ1n) is 10.5. The number of fused-ring (bicyclic) bond motifs is 2. The van der Waals surface area contributed by atoms with Crippen molar-refractivity contribution in [3.63, 3.8) is 0 Å². The first kappa shape index (κ1) is 20.7. The summed E-state index contributed by atoms with van der Waals surface area (Å²) in [4.78, 5) is 28.5. The van der Waals surface area contributed by atoms with Gasteiger partial charge >= 0.3 is 0 Å². The van der Waals surface area contributed by atoms with E-state index in [0.717, 1.165) is 11.1 Å². The predicted octanol–water partition coefficient (Wildman–Crippen LogP) is 5.24. The minimum atomic E-state index is -0.646.